The van der Waals surface area contributed by atoms with E-state index in [0.29, 0.717) is 72.9 Å². The zero-order valence-electron chi connectivity index (χ0n) is 23.9. The van der Waals surface area contributed by atoms with Crippen molar-refractivity contribution >= 4 is 52.2 Å². The number of rotatable bonds is 15. The number of hydrogen-bond donors (Lipinski definition) is 1. The fourth-order valence-electron chi connectivity index (χ4n) is 4.14. The summed E-state index contributed by atoms with van der Waals surface area (Å²) in [6, 6.07) is 14.3. The highest BCUT2D eigenvalue weighted by molar-refractivity contribution is 7.11. The highest BCUT2D eigenvalue weighted by Gasteiger charge is 2.22. The van der Waals surface area contributed by atoms with Crippen molar-refractivity contribution in [2.24, 2.45) is 0 Å². The zero-order chi connectivity index (χ0) is 29.8. The van der Waals surface area contributed by atoms with Crippen molar-refractivity contribution in [2.45, 2.75) is 33.2 Å². The summed E-state index contributed by atoms with van der Waals surface area (Å²) in [6.45, 7) is 6.20. The molecule has 3 aromatic rings. The average Bonchev–Trinajstić information content (AvgIpc) is 3.38. The van der Waals surface area contributed by atoms with Crippen molar-refractivity contribution in [3.63, 3.8) is 0 Å². The highest BCUT2D eigenvalue weighted by atomic mass is 35.5. The fourth-order valence-corrected chi connectivity index (χ4v) is 5.35. The molecule has 1 aromatic heterocycles. The van der Waals surface area contributed by atoms with E-state index in [0.717, 1.165) is 10.4 Å². The second-order valence-corrected chi connectivity index (χ2v) is 11.5. The van der Waals surface area contributed by atoms with Crippen molar-refractivity contribution in [1.29, 1.82) is 0 Å². The standard InChI is InChI=1S/C30H37Cl2N3O5S/c1-5-40-16-6-14-35(30(37)33-23-9-11-25(31)26(32)18-23)20-29(36)34(19-24-10-7-21(2)41-24)15-13-22-8-12-27(38-3)28(17-22)39-4/h7-12,17-18H,5-6,13-16,19-20H2,1-4H3,(H,33,37). The fraction of sp³-hybridized carbons (Fsp3) is 0.400. The first-order chi connectivity index (χ1) is 19.7. The van der Waals surface area contributed by atoms with Crippen LogP contribution in [0.5, 0.6) is 11.5 Å². The Labute approximate surface area is 256 Å². The van der Waals surface area contributed by atoms with Gasteiger partial charge in [-0.1, -0.05) is 29.3 Å². The van der Waals surface area contributed by atoms with Gasteiger partial charge in [0.1, 0.15) is 6.54 Å². The molecule has 0 radical (unpaired) electrons. The van der Waals surface area contributed by atoms with Crippen LogP contribution in [0.4, 0.5) is 10.5 Å². The molecule has 0 spiro atoms. The highest BCUT2D eigenvalue weighted by Crippen LogP contribution is 2.28. The molecule has 2 aromatic carbocycles. The Balaban J connectivity index is 1.77. The van der Waals surface area contributed by atoms with Crippen LogP contribution < -0.4 is 14.8 Å². The van der Waals surface area contributed by atoms with Gasteiger partial charge in [0.15, 0.2) is 11.5 Å². The van der Waals surface area contributed by atoms with Crippen LogP contribution in [0.1, 0.15) is 28.7 Å². The van der Waals surface area contributed by atoms with Gasteiger partial charge < -0.3 is 29.3 Å². The molecule has 0 fully saturated rings. The molecule has 1 N–H and O–H groups in total. The number of nitrogens with zero attached hydrogens (tertiary/aromatic N) is 2. The molecule has 1 heterocycles. The largest absolute Gasteiger partial charge is 0.493 e. The number of amides is 3. The van der Waals surface area contributed by atoms with E-state index in [-0.39, 0.29) is 12.5 Å². The number of ether oxygens (including phenoxy) is 3. The number of urea groups is 1. The third kappa shape index (κ3) is 10.1. The van der Waals surface area contributed by atoms with Crippen LogP contribution in [0.15, 0.2) is 48.5 Å². The van der Waals surface area contributed by atoms with Gasteiger partial charge in [0, 0.05) is 41.7 Å². The van der Waals surface area contributed by atoms with E-state index >= 15 is 0 Å². The number of methoxy groups -OCH3 is 2. The molecule has 3 amide bonds. The number of anilines is 1. The van der Waals surface area contributed by atoms with E-state index in [1.165, 1.54) is 9.78 Å². The second kappa shape index (κ2) is 16.5. The minimum Gasteiger partial charge on any atom is -0.493 e. The Morgan fingerprint density at radius 3 is 2.37 bits per heavy atom. The van der Waals surface area contributed by atoms with Crippen LogP contribution >= 0.6 is 34.5 Å². The first kappa shape index (κ1) is 32.5. The lowest BCUT2D eigenvalue weighted by atomic mass is 10.1. The molecule has 0 unspecified atom stereocenters. The zero-order valence-corrected chi connectivity index (χ0v) is 26.2. The van der Waals surface area contributed by atoms with E-state index < -0.39 is 6.03 Å². The van der Waals surface area contributed by atoms with Crippen LogP contribution in [0.2, 0.25) is 10.0 Å². The molecule has 0 atom stereocenters. The lowest BCUT2D eigenvalue weighted by Gasteiger charge is -2.28. The molecule has 0 saturated carbocycles. The summed E-state index contributed by atoms with van der Waals surface area (Å²) in [7, 11) is 3.19. The first-order valence-electron chi connectivity index (χ1n) is 13.4. The van der Waals surface area contributed by atoms with E-state index in [4.69, 9.17) is 37.4 Å². The molecule has 11 heteroatoms. The van der Waals surface area contributed by atoms with Gasteiger partial charge in [0.05, 0.1) is 30.8 Å². The molecule has 8 nitrogen and oxygen atoms in total. The monoisotopic (exact) mass is 621 g/mol. The van der Waals surface area contributed by atoms with Gasteiger partial charge in [-0.25, -0.2) is 4.79 Å². The van der Waals surface area contributed by atoms with Gasteiger partial charge in [-0.2, -0.15) is 0 Å². The topological polar surface area (TPSA) is 80.3 Å². The summed E-state index contributed by atoms with van der Waals surface area (Å²) in [5.74, 6) is 1.13. The third-order valence-corrected chi connectivity index (χ3v) is 8.04. The molecule has 0 saturated heterocycles. The molecule has 0 aliphatic heterocycles. The van der Waals surface area contributed by atoms with Crippen molar-refractivity contribution in [1.82, 2.24) is 9.80 Å². The van der Waals surface area contributed by atoms with Gasteiger partial charge in [-0.05, 0) is 74.7 Å². The summed E-state index contributed by atoms with van der Waals surface area (Å²) in [5, 5.41) is 3.56. The predicted molar refractivity (Wildman–Crippen MR) is 166 cm³/mol. The van der Waals surface area contributed by atoms with Crippen LogP contribution in [0.3, 0.4) is 0 Å². The maximum absolute atomic E-state index is 13.7. The van der Waals surface area contributed by atoms with Crippen molar-refractivity contribution in [3.8, 4) is 11.5 Å². The molecule has 222 valence electrons. The van der Waals surface area contributed by atoms with Gasteiger partial charge in [-0.15, -0.1) is 11.3 Å². The smallest absolute Gasteiger partial charge is 0.322 e. The van der Waals surface area contributed by atoms with Crippen molar-refractivity contribution in [3.05, 3.63) is 73.9 Å². The van der Waals surface area contributed by atoms with Crippen LogP contribution in [-0.2, 0) is 22.5 Å². The number of carbonyl (C=O) groups excluding carboxylic acids is 2. The minimum atomic E-state index is -0.403. The molecule has 41 heavy (non-hydrogen) atoms. The second-order valence-electron chi connectivity index (χ2n) is 9.30. The average molecular weight is 623 g/mol. The number of hydrogen-bond acceptors (Lipinski definition) is 6. The SMILES string of the molecule is CCOCCCN(CC(=O)N(CCc1ccc(OC)c(OC)c1)Cc1ccc(C)s1)C(=O)Nc1ccc(Cl)c(Cl)c1. The van der Waals surface area contributed by atoms with Crippen molar-refractivity contribution < 1.29 is 23.8 Å². The maximum Gasteiger partial charge on any atom is 0.322 e. The van der Waals surface area contributed by atoms with E-state index in [1.54, 1.807) is 48.7 Å². The quantitative estimate of drug-likeness (QED) is 0.186. The number of aryl methyl sites for hydroxylation is 1. The van der Waals surface area contributed by atoms with E-state index in [2.05, 4.69) is 5.32 Å². The Morgan fingerprint density at radius 2 is 1.71 bits per heavy atom. The molecule has 0 aliphatic carbocycles. The van der Waals surface area contributed by atoms with Crippen LogP contribution in [0, 0.1) is 6.92 Å². The van der Waals surface area contributed by atoms with E-state index in [9.17, 15) is 9.59 Å². The summed E-state index contributed by atoms with van der Waals surface area (Å²) >= 11 is 13.8. The summed E-state index contributed by atoms with van der Waals surface area (Å²) in [6.07, 6.45) is 1.20. The number of nitrogens with one attached hydrogen (secondary N) is 1. The van der Waals surface area contributed by atoms with Crippen molar-refractivity contribution in [2.75, 3.05) is 52.4 Å². The lowest BCUT2D eigenvalue weighted by molar-refractivity contribution is -0.132. The number of carbonyl (C=O) groups is 2. The third-order valence-electron chi connectivity index (χ3n) is 6.32. The number of benzene rings is 2. The predicted octanol–water partition coefficient (Wildman–Crippen LogP) is 6.91. The molecule has 0 aliphatic rings. The van der Waals surface area contributed by atoms with Gasteiger partial charge >= 0.3 is 6.03 Å². The lowest BCUT2D eigenvalue weighted by Crippen LogP contribution is -2.45. The van der Waals surface area contributed by atoms with Gasteiger partial charge in [0.25, 0.3) is 0 Å². The maximum atomic E-state index is 13.7. The van der Waals surface area contributed by atoms with Gasteiger partial charge in [-0.3, -0.25) is 4.79 Å². The Morgan fingerprint density at radius 1 is 0.927 bits per heavy atom. The molecule has 3 rings (SSSR count). The van der Waals surface area contributed by atoms with Crippen LogP contribution in [0.25, 0.3) is 0 Å². The van der Waals surface area contributed by atoms with Gasteiger partial charge in [0.2, 0.25) is 5.91 Å². The minimum absolute atomic E-state index is 0.0877. The van der Waals surface area contributed by atoms with Crippen LogP contribution in [-0.4, -0.2) is 68.8 Å². The first-order valence-corrected chi connectivity index (χ1v) is 14.9. The summed E-state index contributed by atoms with van der Waals surface area (Å²) in [4.78, 5) is 32.6. The Hall–Kier alpha value is -2.98. The Bertz CT molecular complexity index is 1300. The van der Waals surface area contributed by atoms with E-state index in [1.807, 2.05) is 44.2 Å². The molecular weight excluding hydrogens is 585 g/mol. The molecule has 0 bridgehead atoms. The number of halogens is 2. The number of thiophene rings is 1. The normalized spacial score (nSPS) is 10.8. The Kier molecular flexibility index (Phi) is 13.1. The molecular formula is C30H37Cl2N3O5S. The summed E-state index contributed by atoms with van der Waals surface area (Å²) in [5.41, 5.74) is 1.50. The summed E-state index contributed by atoms with van der Waals surface area (Å²) < 4.78 is 16.3.